The van der Waals surface area contributed by atoms with Crippen molar-refractivity contribution in [2.24, 2.45) is 17.8 Å². The Morgan fingerprint density at radius 2 is 1.79 bits per heavy atom. The summed E-state index contributed by atoms with van der Waals surface area (Å²) in [6, 6.07) is 8.78. The Kier molecular flexibility index (Phi) is 4.88. The van der Waals surface area contributed by atoms with E-state index in [2.05, 4.69) is 34.5 Å². The molecule has 1 aromatic carbocycles. The highest BCUT2D eigenvalue weighted by molar-refractivity contribution is 5.76. The Labute approximate surface area is 145 Å². The fraction of sp³-hybridized carbons (Fsp3) is 0.667. The topological polar surface area (TPSA) is 32.3 Å². The minimum Gasteiger partial charge on any atom is -0.352 e. The molecule has 0 radical (unpaired) electrons. The third-order valence-electron chi connectivity index (χ3n) is 6.45. The van der Waals surface area contributed by atoms with Gasteiger partial charge in [-0.1, -0.05) is 30.7 Å². The summed E-state index contributed by atoms with van der Waals surface area (Å²) in [4.78, 5) is 14.7. The van der Waals surface area contributed by atoms with Crippen molar-refractivity contribution in [1.82, 2.24) is 10.2 Å². The van der Waals surface area contributed by atoms with E-state index in [0.29, 0.717) is 12.5 Å². The molecule has 1 aromatic rings. The van der Waals surface area contributed by atoms with Gasteiger partial charge in [0, 0.05) is 19.5 Å². The van der Waals surface area contributed by atoms with Crippen LogP contribution in [0, 0.1) is 17.8 Å². The fourth-order valence-electron chi connectivity index (χ4n) is 5.10. The number of fused-ring (bicyclic) bond motifs is 2. The lowest BCUT2D eigenvalue weighted by atomic mass is 9.86. The van der Waals surface area contributed by atoms with Gasteiger partial charge in [0.05, 0.1) is 0 Å². The molecule has 0 aromatic heterocycles. The van der Waals surface area contributed by atoms with Crippen molar-refractivity contribution in [3.63, 3.8) is 0 Å². The molecule has 3 fully saturated rings. The van der Waals surface area contributed by atoms with Crippen molar-refractivity contribution >= 4 is 5.91 Å². The minimum atomic E-state index is 0.244. The smallest absolute Gasteiger partial charge is 0.220 e. The van der Waals surface area contributed by atoms with Crippen molar-refractivity contribution in [1.29, 1.82) is 0 Å². The van der Waals surface area contributed by atoms with Gasteiger partial charge in [0.15, 0.2) is 0 Å². The Morgan fingerprint density at radius 3 is 2.46 bits per heavy atom. The number of carbonyl (C=O) groups is 1. The van der Waals surface area contributed by atoms with E-state index < -0.39 is 0 Å². The van der Waals surface area contributed by atoms with E-state index in [-0.39, 0.29) is 5.91 Å². The minimum absolute atomic E-state index is 0.244. The van der Waals surface area contributed by atoms with Crippen molar-refractivity contribution < 1.29 is 4.79 Å². The summed E-state index contributed by atoms with van der Waals surface area (Å²) in [5, 5.41) is 3.13. The number of benzene rings is 1. The van der Waals surface area contributed by atoms with Crippen LogP contribution < -0.4 is 5.32 Å². The molecule has 2 saturated carbocycles. The maximum Gasteiger partial charge on any atom is 0.220 e. The summed E-state index contributed by atoms with van der Waals surface area (Å²) in [5.41, 5.74) is 2.59. The average molecular weight is 326 g/mol. The van der Waals surface area contributed by atoms with Gasteiger partial charge in [0.1, 0.15) is 0 Å². The first-order valence-electron chi connectivity index (χ1n) is 9.83. The second-order valence-corrected chi connectivity index (χ2v) is 8.22. The van der Waals surface area contributed by atoms with Gasteiger partial charge in [-0.25, -0.2) is 0 Å². The molecule has 2 bridgehead atoms. The van der Waals surface area contributed by atoms with Gasteiger partial charge in [-0.05, 0) is 74.1 Å². The van der Waals surface area contributed by atoms with E-state index >= 15 is 0 Å². The normalized spacial score (nSPS) is 29.2. The highest BCUT2D eigenvalue weighted by atomic mass is 16.1. The number of hydrogen-bond donors (Lipinski definition) is 1. The second kappa shape index (κ2) is 7.26. The standard InChI is InChI=1S/C21H30N2O/c24-21(13-20-12-18-7-8-19(20)11-18)22-14-16-3-5-17(6-4-16)15-23-9-1-2-10-23/h3-6,18-20H,1-2,7-15H2,(H,22,24)/t18-,19+,20-/m0/s1. The lowest BCUT2D eigenvalue weighted by molar-refractivity contribution is -0.122. The number of rotatable bonds is 6. The second-order valence-electron chi connectivity index (χ2n) is 8.22. The van der Waals surface area contributed by atoms with Gasteiger partial charge < -0.3 is 5.32 Å². The van der Waals surface area contributed by atoms with E-state index in [1.165, 1.54) is 62.7 Å². The highest BCUT2D eigenvalue weighted by Gasteiger charge is 2.39. The molecule has 130 valence electrons. The van der Waals surface area contributed by atoms with Gasteiger partial charge in [-0.15, -0.1) is 0 Å². The fourth-order valence-corrected chi connectivity index (χ4v) is 5.10. The Bertz CT molecular complexity index is 562. The third kappa shape index (κ3) is 3.83. The van der Waals surface area contributed by atoms with Crippen LogP contribution >= 0.6 is 0 Å². The number of carbonyl (C=O) groups excluding carboxylic acids is 1. The zero-order valence-corrected chi connectivity index (χ0v) is 14.7. The van der Waals surface area contributed by atoms with E-state index in [4.69, 9.17) is 0 Å². The molecule has 1 saturated heterocycles. The molecular formula is C21H30N2O. The molecule has 0 unspecified atom stereocenters. The lowest BCUT2D eigenvalue weighted by Crippen LogP contribution is -2.26. The third-order valence-corrected chi connectivity index (χ3v) is 6.45. The van der Waals surface area contributed by atoms with Crippen molar-refractivity contribution in [2.45, 2.75) is 58.0 Å². The van der Waals surface area contributed by atoms with Crippen LogP contribution in [0.2, 0.25) is 0 Å². The molecule has 1 amide bonds. The van der Waals surface area contributed by atoms with Crippen molar-refractivity contribution in [2.75, 3.05) is 13.1 Å². The molecule has 0 spiro atoms. The Balaban J connectivity index is 1.21. The summed E-state index contributed by atoms with van der Waals surface area (Å²) in [7, 11) is 0. The summed E-state index contributed by atoms with van der Waals surface area (Å²) in [6.45, 7) is 4.21. The quantitative estimate of drug-likeness (QED) is 0.864. The Hall–Kier alpha value is -1.35. The lowest BCUT2D eigenvalue weighted by Gasteiger charge is -2.21. The molecule has 1 N–H and O–H groups in total. The first-order valence-corrected chi connectivity index (χ1v) is 9.83. The van der Waals surface area contributed by atoms with Crippen molar-refractivity contribution in [3.8, 4) is 0 Å². The van der Waals surface area contributed by atoms with Gasteiger partial charge in [-0.2, -0.15) is 0 Å². The molecule has 1 aliphatic heterocycles. The van der Waals surface area contributed by atoms with Crippen LogP contribution in [0.15, 0.2) is 24.3 Å². The molecule has 3 nitrogen and oxygen atoms in total. The van der Waals surface area contributed by atoms with E-state index in [0.717, 1.165) is 24.8 Å². The van der Waals surface area contributed by atoms with Crippen LogP contribution in [0.3, 0.4) is 0 Å². The first kappa shape index (κ1) is 16.1. The zero-order chi connectivity index (χ0) is 16.4. The van der Waals surface area contributed by atoms with Crippen LogP contribution in [0.4, 0.5) is 0 Å². The SMILES string of the molecule is O=C(C[C@@H]1C[C@H]2CC[C@@H]1C2)NCc1ccc(CN2CCCC2)cc1. The number of likely N-dealkylation sites (tertiary alicyclic amines) is 1. The van der Waals surface area contributed by atoms with Crippen LogP contribution in [0.25, 0.3) is 0 Å². The van der Waals surface area contributed by atoms with E-state index in [1.807, 2.05) is 0 Å². The zero-order valence-electron chi connectivity index (χ0n) is 14.7. The van der Waals surface area contributed by atoms with Crippen LogP contribution in [0.5, 0.6) is 0 Å². The monoisotopic (exact) mass is 326 g/mol. The molecule has 2 aliphatic carbocycles. The maximum atomic E-state index is 12.2. The maximum absolute atomic E-state index is 12.2. The van der Waals surface area contributed by atoms with E-state index in [9.17, 15) is 4.79 Å². The molecular weight excluding hydrogens is 296 g/mol. The molecule has 3 heteroatoms. The highest BCUT2D eigenvalue weighted by Crippen LogP contribution is 2.49. The number of hydrogen-bond acceptors (Lipinski definition) is 2. The summed E-state index contributed by atoms with van der Waals surface area (Å²) < 4.78 is 0. The summed E-state index contributed by atoms with van der Waals surface area (Å²) in [5.74, 6) is 2.67. The average Bonchev–Trinajstić information content (AvgIpc) is 3.32. The van der Waals surface area contributed by atoms with Crippen LogP contribution in [0.1, 0.15) is 56.1 Å². The number of amides is 1. The molecule has 1 heterocycles. The number of nitrogens with one attached hydrogen (secondary N) is 1. The summed E-state index contributed by atoms with van der Waals surface area (Å²) >= 11 is 0. The van der Waals surface area contributed by atoms with Gasteiger partial charge in [0.2, 0.25) is 5.91 Å². The molecule has 3 aliphatic rings. The molecule has 4 rings (SSSR count). The largest absolute Gasteiger partial charge is 0.352 e. The molecule has 3 atom stereocenters. The van der Waals surface area contributed by atoms with Crippen molar-refractivity contribution in [3.05, 3.63) is 35.4 Å². The van der Waals surface area contributed by atoms with Crippen LogP contribution in [-0.4, -0.2) is 23.9 Å². The van der Waals surface area contributed by atoms with Gasteiger partial charge >= 0.3 is 0 Å². The molecule has 24 heavy (non-hydrogen) atoms. The first-order chi connectivity index (χ1) is 11.8. The summed E-state index contributed by atoms with van der Waals surface area (Å²) in [6.07, 6.45) is 8.88. The van der Waals surface area contributed by atoms with Gasteiger partial charge in [-0.3, -0.25) is 9.69 Å². The van der Waals surface area contributed by atoms with Crippen LogP contribution in [-0.2, 0) is 17.9 Å². The van der Waals surface area contributed by atoms with E-state index in [1.54, 1.807) is 0 Å². The Morgan fingerprint density at radius 1 is 1.04 bits per heavy atom. The predicted molar refractivity (Wildman–Crippen MR) is 96.4 cm³/mol. The van der Waals surface area contributed by atoms with Gasteiger partial charge in [0.25, 0.3) is 0 Å². The number of nitrogens with zero attached hydrogens (tertiary/aromatic N) is 1. The predicted octanol–water partition coefficient (Wildman–Crippen LogP) is 3.72.